The highest BCUT2D eigenvalue weighted by Gasteiger charge is 2.24. The minimum atomic E-state index is -0.242. The Bertz CT molecular complexity index is 195. The number of hydrogen-bond acceptors (Lipinski definition) is 3. The van der Waals surface area contributed by atoms with E-state index in [0.29, 0.717) is 25.0 Å². The molecule has 0 N–H and O–H groups in total. The molecule has 5 heteroatoms. The maximum absolute atomic E-state index is 5.64. The lowest BCUT2D eigenvalue weighted by molar-refractivity contribution is -0.0476. The lowest BCUT2D eigenvalue weighted by Gasteiger charge is -2.14. The molecule has 0 aromatic heterocycles. The number of rotatable bonds is 6. The fraction of sp³-hybridized carbons (Fsp3) is 0.800. The zero-order chi connectivity index (χ0) is 11.1. The Balaban J connectivity index is 2.18. The van der Waals surface area contributed by atoms with Crippen LogP contribution in [-0.2, 0) is 14.2 Å². The molecule has 1 aliphatic rings. The molecule has 1 fully saturated rings. The van der Waals surface area contributed by atoms with E-state index in [1.165, 1.54) is 0 Å². The minimum absolute atomic E-state index is 0.0277. The Morgan fingerprint density at radius 2 is 2.20 bits per heavy atom. The molecule has 1 aliphatic heterocycles. The zero-order valence-corrected chi connectivity index (χ0v) is 10.2. The average molecular weight is 255 g/mol. The molecule has 0 aliphatic carbocycles. The molecule has 0 bridgehead atoms. The summed E-state index contributed by atoms with van der Waals surface area (Å²) < 4.78 is 16.3. The molecule has 2 atom stereocenters. The van der Waals surface area contributed by atoms with E-state index in [0.717, 1.165) is 0 Å². The third kappa shape index (κ3) is 4.70. The summed E-state index contributed by atoms with van der Waals surface area (Å²) in [5.74, 6) is 0.796. The number of hydrogen-bond donors (Lipinski definition) is 0. The lowest BCUT2D eigenvalue weighted by Crippen LogP contribution is -2.25. The van der Waals surface area contributed by atoms with Gasteiger partial charge in [-0.2, -0.15) is 0 Å². The van der Waals surface area contributed by atoms with Crippen LogP contribution in [0.3, 0.4) is 0 Å². The third-order valence-corrected chi connectivity index (χ3v) is 2.67. The van der Waals surface area contributed by atoms with Crippen LogP contribution in [0.25, 0.3) is 0 Å². The highest BCUT2D eigenvalue weighted by atomic mass is 35.5. The van der Waals surface area contributed by atoms with Gasteiger partial charge >= 0.3 is 0 Å². The van der Waals surface area contributed by atoms with Gasteiger partial charge in [-0.05, 0) is 13.0 Å². The summed E-state index contributed by atoms with van der Waals surface area (Å²) in [6.45, 7) is 2.94. The molecule has 0 aromatic rings. The molecular formula is C10H16Cl2O3. The first-order valence-corrected chi connectivity index (χ1v) is 6.00. The molecule has 0 radical (unpaired) electrons. The van der Waals surface area contributed by atoms with Crippen molar-refractivity contribution in [2.24, 2.45) is 0 Å². The van der Waals surface area contributed by atoms with Crippen LogP contribution in [0.4, 0.5) is 0 Å². The highest BCUT2D eigenvalue weighted by molar-refractivity contribution is 6.21. The summed E-state index contributed by atoms with van der Waals surface area (Å²) in [7, 11) is 0. The standard InChI is InChI=1S/C10H16Cl2O3/c1-2-3-10-14-7-9(15-10)6-13-8(4-11)5-12/h2-3,8-10H,4-7H2,1H3/b3-2+/t9-,10-/m0/s1. The number of halogens is 2. The van der Waals surface area contributed by atoms with Crippen LogP contribution in [0.1, 0.15) is 6.92 Å². The molecule has 1 rings (SSSR count). The highest BCUT2D eigenvalue weighted by Crippen LogP contribution is 2.14. The van der Waals surface area contributed by atoms with Gasteiger partial charge in [-0.1, -0.05) is 6.08 Å². The molecule has 15 heavy (non-hydrogen) atoms. The quantitative estimate of drug-likeness (QED) is 0.537. The van der Waals surface area contributed by atoms with Crippen LogP contribution in [0, 0.1) is 0 Å². The van der Waals surface area contributed by atoms with Crippen LogP contribution in [0.15, 0.2) is 12.2 Å². The first-order valence-electron chi connectivity index (χ1n) is 4.93. The second kappa shape index (κ2) is 7.47. The second-order valence-corrected chi connectivity index (χ2v) is 3.87. The van der Waals surface area contributed by atoms with Gasteiger partial charge in [-0.25, -0.2) is 0 Å². The van der Waals surface area contributed by atoms with Crippen LogP contribution in [0.5, 0.6) is 0 Å². The summed E-state index contributed by atoms with van der Waals surface area (Å²) in [6.07, 6.45) is 3.38. The van der Waals surface area contributed by atoms with E-state index in [9.17, 15) is 0 Å². The summed E-state index contributed by atoms with van der Waals surface area (Å²) in [5.41, 5.74) is 0. The normalized spacial score (nSPS) is 26.9. The van der Waals surface area contributed by atoms with E-state index >= 15 is 0 Å². The predicted molar refractivity (Wildman–Crippen MR) is 60.6 cm³/mol. The van der Waals surface area contributed by atoms with E-state index in [1.807, 2.05) is 19.1 Å². The molecule has 88 valence electrons. The van der Waals surface area contributed by atoms with Gasteiger partial charge in [-0.3, -0.25) is 0 Å². The molecule has 0 amide bonds. The van der Waals surface area contributed by atoms with Crippen molar-refractivity contribution in [3.63, 3.8) is 0 Å². The third-order valence-electron chi connectivity index (χ3n) is 1.98. The Hall–Kier alpha value is 0.200. The van der Waals surface area contributed by atoms with Crippen molar-refractivity contribution in [3.8, 4) is 0 Å². The maximum atomic E-state index is 5.64. The average Bonchev–Trinajstić information content (AvgIpc) is 2.68. The first-order chi connectivity index (χ1) is 7.30. The summed E-state index contributed by atoms with van der Waals surface area (Å²) in [5, 5.41) is 0. The topological polar surface area (TPSA) is 27.7 Å². The fourth-order valence-electron chi connectivity index (χ4n) is 1.19. The van der Waals surface area contributed by atoms with Crippen LogP contribution >= 0.6 is 23.2 Å². The van der Waals surface area contributed by atoms with Crippen molar-refractivity contribution in [2.75, 3.05) is 25.0 Å². The van der Waals surface area contributed by atoms with E-state index in [2.05, 4.69) is 0 Å². The van der Waals surface area contributed by atoms with E-state index < -0.39 is 0 Å². The number of alkyl halides is 2. The Labute approximate surface area is 100 Å². The summed E-state index contributed by atoms with van der Waals surface area (Å²) >= 11 is 11.3. The van der Waals surface area contributed by atoms with Gasteiger partial charge in [0.05, 0.1) is 19.3 Å². The fourth-order valence-corrected chi connectivity index (χ4v) is 1.70. The van der Waals surface area contributed by atoms with Crippen LogP contribution in [-0.4, -0.2) is 43.5 Å². The molecule has 0 spiro atoms. The molecule has 1 heterocycles. The lowest BCUT2D eigenvalue weighted by atomic mass is 10.4. The summed E-state index contributed by atoms with van der Waals surface area (Å²) in [6, 6.07) is 0. The van der Waals surface area contributed by atoms with Crippen LogP contribution in [0.2, 0.25) is 0 Å². The van der Waals surface area contributed by atoms with Gasteiger partial charge in [0.25, 0.3) is 0 Å². The Morgan fingerprint density at radius 1 is 1.47 bits per heavy atom. The van der Waals surface area contributed by atoms with Crippen molar-refractivity contribution >= 4 is 23.2 Å². The van der Waals surface area contributed by atoms with E-state index in [4.69, 9.17) is 37.4 Å². The van der Waals surface area contributed by atoms with E-state index in [1.54, 1.807) is 0 Å². The van der Waals surface area contributed by atoms with Gasteiger partial charge in [-0.15, -0.1) is 23.2 Å². The van der Waals surface area contributed by atoms with Gasteiger partial charge in [0.2, 0.25) is 0 Å². The van der Waals surface area contributed by atoms with E-state index in [-0.39, 0.29) is 18.5 Å². The molecular weight excluding hydrogens is 239 g/mol. The van der Waals surface area contributed by atoms with Crippen LogP contribution < -0.4 is 0 Å². The first kappa shape index (κ1) is 13.3. The van der Waals surface area contributed by atoms with Crippen molar-refractivity contribution in [1.82, 2.24) is 0 Å². The summed E-state index contributed by atoms with van der Waals surface area (Å²) in [4.78, 5) is 0. The van der Waals surface area contributed by atoms with Crippen molar-refractivity contribution in [3.05, 3.63) is 12.2 Å². The zero-order valence-electron chi connectivity index (χ0n) is 8.70. The molecule has 1 saturated heterocycles. The Kier molecular flexibility index (Phi) is 6.61. The Morgan fingerprint density at radius 3 is 2.80 bits per heavy atom. The van der Waals surface area contributed by atoms with Gasteiger partial charge < -0.3 is 14.2 Å². The molecule has 0 aromatic carbocycles. The number of ether oxygens (including phenoxy) is 3. The molecule has 0 unspecified atom stereocenters. The van der Waals surface area contributed by atoms with Gasteiger partial charge in [0.1, 0.15) is 6.10 Å². The maximum Gasteiger partial charge on any atom is 0.177 e. The molecule has 3 nitrogen and oxygen atoms in total. The van der Waals surface area contributed by atoms with Gasteiger partial charge in [0, 0.05) is 11.8 Å². The van der Waals surface area contributed by atoms with Crippen molar-refractivity contribution < 1.29 is 14.2 Å². The molecule has 0 saturated carbocycles. The van der Waals surface area contributed by atoms with Crippen molar-refractivity contribution in [2.45, 2.75) is 25.4 Å². The van der Waals surface area contributed by atoms with Gasteiger partial charge in [0.15, 0.2) is 6.29 Å². The SMILES string of the molecule is C/C=C/[C@H]1OC[C@H](COC(CCl)CCl)O1. The minimum Gasteiger partial charge on any atom is -0.373 e. The predicted octanol–water partition coefficient (Wildman–Crippen LogP) is 2.17. The number of allylic oxidation sites excluding steroid dienone is 1. The van der Waals surface area contributed by atoms with Crippen molar-refractivity contribution in [1.29, 1.82) is 0 Å². The smallest absolute Gasteiger partial charge is 0.177 e. The second-order valence-electron chi connectivity index (χ2n) is 3.25. The monoisotopic (exact) mass is 254 g/mol. The largest absolute Gasteiger partial charge is 0.373 e.